The summed E-state index contributed by atoms with van der Waals surface area (Å²) in [5.74, 6) is 1.56. The quantitative estimate of drug-likeness (QED) is 0.579. The first kappa shape index (κ1) is 19.3. The molecule has 0 saturated heterocycles. The number of nitrogens with zero attached hydrogens (tertiary/aromatic N) is 5. The molecule has 30 heavy (non-hydrogen) atoms. The minimum Gasteiger partial charge on any atom is -0.346 e. The average Bonchev–Trinajstić information content (AvgIpc) is 3.30. The molecule has 4 saturated carbocycles. The molecule has 4 fully saturated rings. The summed E-state index contributed by atoms with van der Waals surface area (Å²) < 4.78 is 3.64. The van der Waals surface area contributed by atoms with Crippen molar-refractivity contribution in [2.45, 2.75) is 71.0 Å². The lowest BCUT2D eigenvalue weighted by Gasteiger charge is -2.56. The van der Waals surface area contributed by atoms with Crippen LogP contribution in [0.25, 0.3) is 0 Å². The minimum absolute atomic E-state index is 0.0868. The van der Waals surface area contributed by atoms with Gasteiger partial charge in [0.25, 0.3) is 5.91 Å². The molecule has 1 N–H and O–H groups in total. The predicted octanol–water partition coefficient (Wildman–Crippen LogP) is 3.17. The first-order valence-corrected chi connectivity index (χ1v) is 10.9. The normalized spacial score (nSPS) is 29.3. The first-order valence-electron chi connectivity index (χ1n) is 10.9. The van der Waals surface area contributed by atoms with E-state index in [9.17, 15) is 14.9 Å². The van der Waals surface area contributed by atoms with E-state index >= 15 is 0 Å². The van der Waals surface area contributed by atoms with Gasteiger partial charge in [-0.1, -0.05) is 0 Å². The standard InChI is InChI=1S/C21H28N6O3/c1-3-25-13(2)17(11-23-25)10-22-20(28)19-18(27(29)30)12-26(24-19)21-7-14-4-15(8-21)6-16(5-14)9-21/h11-12,14-16H,3-10H2,1-2H3,(H,22,28). The summed E-state index contributed by atoms with van der Waals surface area (Å²) in [6.45, 7) is 4.97. The highest BCUT2D eigenvalue weighted by molar-refractivity contribution is 5.96. The summed E-state index contributed by atoms with van der Waals surface area (Å²) in [5, 5.41) is 23.3. The number of hydrogen-bond donors (Lipinski definition) is 1. The molecular weight excluding hydrogens is 384 g/mol. The first-order chi connectivity index (χ1) is 14.4. The second-order valence-electron chi connectivity index (χ2n) is 9.46. The number of carbonyl (C=O) groups is 1. The number of rotatable bonds is 6. The molecule has 2 heterocycles. The van der Waals surface area contributed by atoms with E-state index in [4.69, 9.17) is 0 Å². The van der Waals surface area contributed by atoms with Crippen LogP contribution in [0.15, 0.2) is 12.4 Å². The van der Waals surface area contributed by atoms with Crippen molar-refractivity contribution in [1.82, 2.24) is 24.9 Å². The highest BCUT2D eigenvalue weighted by Gasteiger charge is 2.53. The Morgan fingerprint density at radius 1 is 1.27 bits per heavy atom. The summed E-state index contributed by atoms with van der Waals surface area (Å²) in [5.41, 5.74) is 1.43. The van der Waals surface area contributed by atoms with E-state index in [2.05, 4.69) is 15.5 Å². The molecule has 1 amide bonds. The minimum atomic E-state index is -0.506. The number of aryl methyl sites for hydroxylation is 1. The molecule has 0 spiro atoms. The van der Waals surface area contributed by atoms with Crippen molar-refractivity contribution in [1.29, 1.82) is 0 Å². The van der Waals surface area contributed by atoms with Crippen LogP contribution in [0.2, 0.25) is 0 Å². The van der Waals surface area contributed by atoms with Crippen LogP contribution in [0.3, 0.4) is 0 Å². The SMILES string of the molecule is CCn1ncc(CNC(=O)c2nn(C34CC5CC(CC(C5)C3)C4)cc2[N+](=O)[O-])c1C. The van der Waals surface area contributed by atoms with Crippen LogP contribution in [0.5, 0.6) is 0 Å². The zero-order valence-corrected chi connectivity index (χ0v) is 17.5. The van der Waals surface area contributed by atoms with E-state index in [0.29, 0.717) is 17.8 Å². The number of hydrogen-bond acceptors (Lipinski definition) is 5. The van der Waals surface area contributed by atoms with Crippen LogP contribution in [0.4, 0.5) is 5.69 Å². The fourth-order valence-corrected chi connectivity index (χ4v) is 6.49. The van der Waals surface area contributed by atoms with E-state index in [1.807, 2.05) is 18.5 Å². The van der Waals surface area contributed by atoms with Crippen molar-refractivity contribution in [2.24, 2.45) is 17.8 Å². The van der Waals surface area contributed by atoms with E-state index < -0.39 is 10.8 Å². The Labute approximate surface area is 175 Å². The van der Waals surface area contributed by atoms with Crippen LogP contribution in [0, 0.1) is 34.8 Å². The highest BCUT2D eigenvalue weighted by Crippen LogP contribution is 2.58. The molecule has 4 aliphatic carbocycles. The van der Waals surface area contributed by atoms with Gasteiger partial charge in [0.1, 0.15) is 6.20 Å². The Hall–Kier alpha value is -2.71. The lowest BCUT2D eigenvalue weighted by molar-refractivity contribution is -0.385. The Morgan fingerprint density at radius 3 is 2.43 bits per heavy atom. The zero-order chi connectivity index (χ0) is 21.0. The number of nitro groups is 1. The lowest BCUT2D eigenvalue weighted by Crippen LogP contribution is -2.52. The van der Waals surface area contributed by atoms with Gasteiger partial charge in [0.05, 0.1) is 16.7 Å². The average molecular weight is 412 g/mol. The molecule has 9 nitrogen and oxygen atoms in total. The van der Waals surface area contributed by atoms with Crippen molar-refractivity contribution in [2.75, 3.05) is 0 Å². The summed E-state index contributed by atoms with van der Waals surface area (Å²) in [6.07, 6.45) is 10.1. The van der Waals surface area contributed by atoms with Crippen LogP contribution >= 0.6 is 0 Å². The van der Waals surface area contributed by atoms with Crippen molar-refractivity contribution in [3.05, 3.63) is 39.5 Å². The zero-order valence-electron chi connectivity index (χ0n) is 17.5. The summed E-state index contributed by atoms with van der Waals surface area (Å²) in [4.78, 5) is 24.1. The van der Waals surface area contributed by atoms with E-state index in [0.717, 1.165) is 37.1 Å². The third-order valence-electron chi connectivity index (χ3n) is 7.54. The number of aromatic nitrogens is 4. The van der Waals surface area contributed by atoms with Crippen molar-refractivity contribution < 1.29 is 9.72 Å². The van der Waals surface area contributed by atoms with E-state index in [-0.39, 0.29) is 23.5 Å². The van der Waals surface area contributed by atoms with Gasteiger partial charge in [0, 0.05) is 24.3 Å². The Balaban J connectivity index is 1.40. The van der Waals surface area contributed by atoms with Crippen LogP contribution in [-0.2, 0) is 18.6 Å². The maximum Gasteiger partial charge on any atom is 0.320 e. The van der Waals surface area contributed by atoms with Gasteiger partial charge < -0.3 is 5.32 Å². The monoisotopic (exact) mass is 412 g/mol. The van der Waals surface area contributed by atoms with Gasteiger partial charge in [-0.2, -0.15) is 10.2 Å². The fourth-order valence-electron chi connectivity index (χ4n) is 6.49. The molecule has 6 rings (SSSR count). The predicted molar refractivity (Wildman–Crippen MR) is 109 cm³/mol. The second kappa shape index (κ2) is 6.92. The van der Waals surface area contributed by atoms with Gasteiger partial charge >= 0.3 is 5.69 Å². The van der Waals surface area contributed by atoms with Gasteiger partial charge in [-0.15, -0.1) is 0 Å². The van der Waals surface area contributed by atoms with E-state index in [1.165, 1.54) is 25.5 Å². The highest BCUT2D eigenvalue weighted by atomic mass is 16.6. The molecule has 0 unspecified atom stereocenters. The number of nitrogens with one attached hydrogen (secondary N) is 1. The van der Waals surface area contributed by atoms with Gasteiger partial charge in [-0.25, -0.2) is 0 Å². The largest absolute Gasteiger partial charge is 0.346 e. The third kappa shape index (κ3) is 3.02. The smallest absolute Gasteiger partial charge is 0.320 e. The maximum atomic E-state index is 12.9. The molecule has 0 aromatic carbocycles. The molecule has 4 bridgehead atoms. The number of carbonyl (C=O) groups excluding carboxylic acids is 1. The molecule has 9 heteroatoms. The molecule has 160 valence electrons. The van der Waals surface area contributed by atoms with Gasteiger partial charge in [-0.3, -0.25) is 24.3 Å². The maximum absolute atomic E-state index is 12.9. The fraction of sp³-hybridized carbons (Fsp3) is 0.667. The van der Waals surface area contributed by atoms with E-state index in [1.54, 1.807) is 10.9 Å². The van der Waals surface area contributed by atoms with Gasteiger partial charge in [0.2, 0.25) is 5.69 Å². The van der Waals surface area contributed by atoms with Gasteiger partial charge in [-0.05, 0) is 70.1 Å². The molecule has 0 radical (unpaired) electrons. The Kier molecular flexibility index (Phi) is 4.44. The van der Waals surface area contributed by atoms with Crippen LogP contribution in [-0.4, -0.2) is 30.4 Å². The Bertz CT molecular complexity index is 971. The Morgan fingerprint density at radius 2 is 1.90 bits per heavy atom. The van der Waals surface area contributed by atoms with Crippen LogP contribution < -0.4 is 5.32 Å². The lowest BCUT2D eigenvalue weighted by atomic mass is 9.53. The van der Waals surface area contributed by atoms with Crippen molar-refractivity contribution in [3.63, 3.8) is 0 Å². The summed E-state index contributed by atoms with van der Waals surface area (Å²) in [7, 11) is 0. The molecule has 2 aromatic heterocycles. The summed E-state index contributed by atoms with van der Waals surface area (Å²) >= 11 is 0. The molecule has 0 atom stereocenters. The topological polar surface area (TPSA) is 108 Å². The van der Waals surface area contributed by atoms with Gasteiger partial charge in [0.15, 0.2) is 0 Å². The van der Waals surface area contributed by atoms with Crippen molar-refractivity contribution >= 4 is 11.6 Å². The molecule has 4 aliphatic rings. The number of amides is 1. The van der Waals surface area contributed by atoms with Crippen molar-refractivity contribution in [3.8, 4) is 0 Å². The molecule has 0 aliphatic heterocycles. The molecule has 2 aromatic rings. The molecular formula is C21H28N6O3. The third-order valence-corrected chi connectivity index (χ3v) is 7.54. The van der Waals surface area contributed by atoms with Crippen LogP contribution in [0.1, 0.15) is 67.2 Å². The second-order valence-corrected chi connectivity index (χ2v) is 9.46. The summed E-state index contributed by atoms with van der Waals surface area (Å²) in [6, 6.07) is 0.